The molecule has 1 atom stereocenters. The van der Waals surface area contributed by atoms with E-state index >= 15 is 0 Å². The summed E-state index contributed by atoms with van der Waals surface area (Å²) in [6.45, 7) is 4.34. The first-order chi connectivity index (χ1) is 7.28. The van der Waals surface area contributed by atoms with Crippen molar-refractivity contribution in [2.45, 2.75) is 32.7 Å². The van der Waals surface area contributed by atoms with Crippen LogP contribution in [0, 0.1) is 5.41 Å². The summed E-state index contributed by atoms with van der Waals surface area (Å²) >= 11 is 0. The molecular formula is C9H15N3O3S. The van der Waals surface area contributed by atoms with Crippen molar-refractivity contribution in [3.05, 3.63) is 11.7 Å². The molecule has 0 unspecified atom stereocenters. The van der Waals surface area contributed by atoms with Gasteiger partial charge in [-0.05, 0) is 11.8 Å². The molecule has 1 aliphatic carbocycles. The number of aromatic nitrogens is 2. The first-order valence-corrected chi connectivity index (χ1v) is 6.94. The second-order valence-corrected chi connectivity index (χ2v) is 6.72. The molecule has 90 valence electrons. The van der Waals surface area contributed by atoms with E-state index in [-0.39, 0.29) is 12.0 Å². The predicted octanol–water partition coefficient (Wildman–Crippen LogP) is 0.632. The van der Waals surface area contributed by atoms with E-state index in [1.54, 1.807) is 0 Å². The highest BCUT2D eigenvalue weighted by Crippen LogP contribution is 2.57. The summed E-state index contributed by atoms with van der Waals surface area (Å²) in [7, 11) is -3.22. The fourth-order valence-electron chi connectivity index (χ4n) is 1.58. The summed E-state index contributed by atoms with van der Waals surface area (Å²) in [6.07, 6.45) is 2.14. The molecule has 0 spiro atoms. The van der Waals surface area contributed by atoms with E-state index in [9.17, 15) is 8.42 Å². The molecule has 2 rings (SSSR count). The molecule has 1 heterocycles. The monoisotopic (exact) mass is 245 g/mol. The van der Waals surface area contributed by atoms with Crippen LogP contribution in [0.1, 0.15) is 37.9 Å². The minimum absolute atomic E-state index is 0.0545. The fraction of sp³-hybridized carbons (Fsp3) is 0.778. The molecule has 0 bridgehead atoms. The van der Waals surface area contributed by atoms with Crippen LogP contribution < -0.4 is 4.72 Å². The lowest BCUT2D eigenvalue weighted by Crippen LogP contribution is -2.21. The van der Waals surface area contributed by atoms with Gasteiger partial charge in [0.15, 0.2) is 5.82 Å². The molecule has 1 saturated carbocycles. The minimum Gasteiger partial charge on any atom is -0.338 e. The maximum atomic E-state index is 10.9. The molecule has 0 amide bonds. The van der Waals surface area contributed by atoms with Crippen LogP contribution in [0.25, 0.3) is 0 Å². The van der Waals surface area contributed by atoms with Crippen molar-refractivity contribution in [1.82, 2.24) is 14.9 Å². The maximum Gasteiger partial charge on any atom is 0.241 e. The van der Waals surface area contributed by atoms with Gasteiger partial charge in [-0.3, -0.25) is 0 Å². The Hall–Kier alpha value is -0.950. The van der Waals surface area contributed by atoms with E-state index in [1.165, 1.54) is 0 Å². The Morgan fingerprint density at radius 1 is 1.56 bits per heavy atom. The molecule has 1 aliphatic rings. The van der Waals surface area contributed by atoms with Gasteiger partial charge < -0.3 is 4.52 Å². The Morgan fingerprint density at radius 2 is 2.19 bits per heavy atom. The van der Waals surface area contributed by atoms with Gasteiger partial charge in [0, 0.05) is 5.92 Å². The highest BCUT2D eigenvalue weighted by molar-refractivity contribution is 7.88. The topological polar surface area (TPSA) is 85.1 Å². The molecule has 0 aromatic carbocycles. The van der Waals surface area contributed by atoms with Crippen molar-refractivity contribution in [2.24, 2.45) is 5.41 Å². The van der Waals surface area contributed by atoms with Crippen LogP contribution in [-0.2, 0) is 16.6 Å². The third-order valence-electron chi connectivity index (χ3n) is 2.79. The standard InChI is InChI=1S/C9H15N3O3S/c1-9(2)4-6(9)8-11-7(15-12-8)5-10-16(3,13)14/h6,10H,4-5H2,1-3H3/t6-/m0/s1. The summed E-state index contributed by atoms with van der Waals surface area (Å²) in [6, 6.07) is 0. The zero-order chi connectivity index (χ0) is 12.0. The molecule has 7 heteroatoms. The molecule has 1 fully saturated rings. The molecule has 0 radical (unpaired) electrons. The highest BCUT2D eigenvalue weighted by atomic mass is 32.2. The van der Waals surface area contributed by atoms with Gasteiger partial charge in [0.1, 0.15) is 0 Å². The summed E-state index contributed by atoms with van der Waals surface area (Å²) in [4.78, 5) is 4.17. The summed E-state index contributed by atoms with van der Waals surface area (Å²) < 4.78 is 29.0. The lowest BCUT2D eigenvalue weighted by atomic mass is 10.1. The van der Waals surface area contributed by atoms with E-state index in [0.717, 1.165) is 12.7 Å². The number of nitrogens with one attached hydrogen (secondary N) is 1. The Morgan fingerprint density at radius 3 is 2.69 bits per heavy atom. The van der Waals surface area contributed by atoms with Gasteiger partial charge in [-0.15, -0.1) is 0 Å². The highest BCUT2D eigenvalue weighted by Gasteiger charge is 2.49. The van der Waals surface area contributed by atoms with E-state index < -0.39 is 10.0 Å². The van der Waals surface area contributed by atoms with Crippen LogP contribution in [0.2, 0.25) is 0 Å². The molecule has 1 aromatic heterocycles. The quantitative estimate of drug-likeness (QED) is 0.841. The molecule has 16 heavy (non-hydrogen) atoms. The average Bonchev–Trinajstić information content (AvgIpc) is 2.62. The Labute approximate surface area is 94.5 Å². The number of hydrogen-bond donors (Lipinski definition) is 1. The van der Waals surface area contributed by atoms with Gasteiger partial charge in [0.05, 0.1) is 12.8 Å². The zero-order valence-electron chi connectivity index (χ0n) is 9.52. The number of hydrogen-bond acceptors (Lipinski definition) is 5. The molecule has 0 aliphatic heterocycles. The van der Waals surface area contributed by atoms with E-state index in [1.807, 2.05) is 0 Å². The van der Waals surface area contributed by atoms with Gasteiger partial charge in [-0.2, -0.15) is 4.98 Å². The molecular weight excluding hydrogens is 230 g/mol. The van der Waals surface area contributed by atoms with Crippen molar-refractivity contribution in [2.75, 3.05) is 6.26 Å². The van der Waals surface area contributed by atoms with E-state index in [2.05, 4.69) is 28.7 Å². The second-order valence-electron chi connectivity index (χ2n) is 4.88. The number of rotatable bonds is 4. The molecule has 6 nitrogen and oxygen atoms in total. The van der Waals surface area contributed by atoms with Crippen LogP contribution in [-0.4, -0.2) is 24.8 Å². The summed E-state index contributed by atoms with van der Waals surface area (Å²) in [5.74, 6) is 1.32. The smallest absolute Gasteiger partial charge is 0.241 e. The van der Waals surface area contributed by atoms with Crippen molar-refractivity contribution in [1.29, 1.82) is 0 Å². The van der Waals surface area contributed by atoms with Crippen molar-refractivity contribution < 1.29 is 12.9 Å². The third-order valence-corrected chi connectivity index (χ3v) is 3.46. The lowest BCUT2D eigenvalue weighted by Gasteiger charge is -1.96. The lowest BCUT2D eigenvalue weighted by molar-refractivity contribution is 0.369. The average molecular weight is 245 g/mol. The van der Waals surface area contributed by atoms with Crippen LogP contribution in [0.15, 0.2) is 4.52 Å². The molecule has 1 N–H and O–H groups in total. The molecule has 1 aromatic rings. The van der Waals surface area contributed by atoms with Crippen molar-refractivity contribution >= 4 is 10.0 Å². The normalized spacial score (nSPS) is 23.3. The Balaban J connectivity index is 1.99. The van der Waals surface area contributed by atoms with E-state index in [0.29, 0.717) is 17.6 Å². The van der Waals surface area contributed by atoms with Crippen LogP contribution in [0.4, 0.5) is 0 Å². The van der Waals surface area contributed by atoms with Gasteiger partial charge in [-0.25, -0.2) is 13.1 Å². The molecule has 0 saturated heterocycles. The maximum absolute atomic E-state index is 10.9. The van der Waals surface area contributed by atoms with Crippen LogP contribution >= 0.6 is 0 Å². The number of nitrogens with zero attached hydrogens (tertiary/aromatic N) is 2. The second kappa shape index (κ2) is 3.53. The van der Waals surface area contributed by atoms with Crippen LogP contribution in [0.5, 0.6) is 0 Å². The summed E-state index contributed by atoms with van der Waals surface area (Å²) in [5.41, 5.74) is 0.241. The third kappa shape index (κ3) is 2.59. The van der Waals surface area contributed by atoms with Gasteiger partial charge in [0.2, 0.25) is 15.9 Å². The first-order valence-electron chi connectivity index (χ1n) is 5.05. The Bertz CT molecular complexity index is 492. The largest absolute Gasteiger partial charge is 0.338 e. The van der Waals surface area contributed by atoms with E-state index in [4.69, 9.17) is 4.52 Å². The van der Waals surface area contributed by atoms with Crippen molar-refractivity contribution in [3.8, 4) is 0 Å². The van der Waals surface area contributed by atoms with Gasteiger partial charge in [0.25, 0.3) is 0 Å². The predicted molar refractivity (Wildman–Crippen MR) is 57.1 cm³/mol. The number of sulfonamides is 1. The first kappa shape index (κ1) is 11.5. The summed E-state index contributed by atoms with van der Waals surface area (Å²) in [5, 5.41) is 3.85. The zero-order valence-corrected chi connectivity index (χ0v) is 10.3. The Kier molecular flexibility index (Phi) is 2.54. The van der Waals surface area contributed by atoms with Gasteiger partial charge >= 0.3 is 0 Å². The minimum atomic E-state index is -3.22. The van der Waals surface area contributed by atoms with Crippen molar-refractivity contribution in [3.63, 3.8) is 0 Å². The van der Waals surface area contributed by atoms with Crippen LogP contribution in [0.3, 0.4) is 0 Å². The fourth-order valence-corrected chi connectivity index (χ4v) is 1.97. The SMILES string of the molecule is CC1(C)C[C@H]1c1noc(CNS(C)(=O)=O)n1. The van der Waals surface area contributed by atoms with Gasteiger partial charge in [-0.1, -0.05) is 19.0 Å².